The number of hydrogen-bond donors (Lipinski definition) is 2. The van der Waals surface area contributed by atoms with E-state index in [1.807, 2.05) is 0 Å². The number of carbonyl (C=O) groups excluding carboxylic acids is 1. The third-order valence-electron chi connectivity index (χ3n) is 1.73. The molecule has 0 bridgehead atoms. The van der Waals surface area contributed by atoms with Crippen molar-refractivity contribution < 1.29 is 9.21 Å². The number of halogens is 1. The first-order valence-corrected chi connectivity index (χ1v) is 4.85. The topological polar surface area (TPSA) is 67.2 Å². The molecule has 0 radical (unpaired) electrons. The van der Waals surface area contributed by atoms with Crippen LogP contribution in [-0.2, 0) is 0 Å². The number of urea groups is 1. The van der Waals surface area contributed by atoms with Crippen LogP contribution in [0.5, 0.6) is 0 Å². The first kappa shape index (κ1) is 10.5. The second-order valence-electron chi connectivity index (χ2n) is 2.92. The molecule has 2 heterocycles. The smallest absolute Gasteiger partial charge is 0.327 e. The molecule has 0 atom stereocenters. The lowest BCUT2D eigenvalue weighted by atomic mass is 10.4. The van der Waals surface area contributed by atoms with Crippen molar-refractivity contribution in [3.8, 4) is 0 Å². The molecule has 6 heteroatoms. The highest BCUT2D eigenvalue weighted by molar-refractivity contribution is 6.30. The summed E-state index contributed by atoms with van der Waals surface area (Å²) >= 11 is 5.66. The Morgan fingerprint density at radius 2 is 2.19 bits per heavy atom. The largest absolute Gasteiger partial charge is 0.449 e. The summed E-state index contributed by atoms with van der Waals surface area (Å²) in [5.41, 5.74) is 0. The molecule has 0 unspecified atom stereocenters. The standard InChI is InChI=1S/C10H8ClN3O2/c11-7-3-4-8(12-6-7)13-10(15)14-9-2-1-5-16-9/h1-6H,(H2,12,13,14,15). The van der Waals surface area contributed by atoms with Gasteiger partial charge in [0.15, 0.2) is 0 Å². The fourth-order valence-electron chi connectivity index (χ4n) is 1.06. The van der Waals surface area contributed by atoms with Crippen LogP contribution < -0.4 is 10.6 Å². The molecular formula is C10H8ClN3O2. The van der Waals surface area contributed by atoms with Crippen molar-refractivity contribution >= 4 is 29.3 Å². The molecule has 0 aliphatic carbocycles. The van der Waals surface area contributed by atoms with Gasteiger partial charge in [-0.25, -0.2) is 9.78 Å². The van der Waals surface area contributed by atoms with E-state index in [9.17, 15) is 4.79 Å². The maximum absolute atomic E-state index is 11.4. The normalized spacial score (nSPS) is 9.81. The number of nitrogens with one attached hydrogen (secondary N) is 2. The monoisotopic (exact) mass is 237 g/mol. The van der Waals surface area contributed by atoms with Crippen molar-refractivity contribution in [2.45, 2.75) is 0 Å². The highest BCUT2D eigenvalue weighted by Gasteiger charge is 2.04. The first-order valence-electron chi connectivity index (χ1n) is 4.47. The fraction of sp³-hybridized carbons (Fsp3) is 0. The Labute approximate surface area is 96.4 Å². The van der Waals surface area contributed by atoms with Crippen LogP contribution in [0, 0.1) is 0 Å². The molecule has 2 rings (SSSR count). The van der Waals surface area contributed by atoms with E-state index in [1.165, 1.54) is 12.5 Å². The van der Waals surface area contributed by atoms with Crippen molar-refractivity contribution in [3.63, 3.8) is 0 Å². The van der Waals surface area contributed by atoms with Crippen LogP contribution in [0.3, 0.4) is 0 Å². The third-order valence-corrected chi connectivity index (χ3v) is 1.95. The number of amides is 2. The third kappa shape index (κ3) is 2.74. The summed E-state index contributed by atoms with van der Waals surface area (Å²) in [5, 5.41) is 5.53. The summed E-state index contributed by atoms with van der Waals surface area (Å²) in [4.78, 5) is 15.3. The Bertz CT molecular complexity index is 467. The maximum atomic E-state index is 11.4. The molecule has 2 aromatic rings. The van der Waals surface area contributed by atoms with E-state index >= 15 is 0 Å². The zero-order valence-corrected chi connectivity index (χ0v) is 8.86. The number of rotatable bonds is 2. The van der Waals surface area contributed by atoms with Gasteiger partial charge in [0.05, 0.1) is 11.3 Å². The average Bonchev–Trinajstić information content (AvgIpc) is 2.74. The number of aromatic nitrogens is 1. The molecule has 82 valence electrons. The van der Waals surface area contributed by atoms with Crippen molar-refractivity contribution in [1.29, 1.82) is 0 Å². The van der Waals surface area contributed by atoms with Gasteiger partial charge in [0.1, 0.15) is 5.82 Å². The lowest BCUT2D eigenvalue weighted by molar-refractivity contribution is 0.261. The van der Waals surface area contributed by atoms with E-state index < -0.39 is 6.03 Å². The van der Waals surface area contributed by atoms with Gasteiger partial charge in [0.25, 0.3) is 0 Å². The molecule has 0 aliphatic heterocycles. The number of carbonyl (C=O) groups is 1. The second kappa shape index (κ2) is 4.67. The van der Waals surface area contributed by atoms with Crippen LogP contribution in [0.1, 0.15) is 0 Å². The number of pyridine rings is 1. The molecule has 0 saturated heterocycles. The number of anilines is 2. The quantitative estimate of drug-likeness (QED) is 0.844. The average molecular weight is 238 g/mol. The molecule has 2 amide bonds. The van der Waals surface area contributed by atoms with Crippen molar-refractivity contribution in [1.82, 2.24) is 4.98 Å². The van der Waals surface area contributed by atoms with Gasteiger partial charge in [-0.15, -0.1) is 0 Å². The van der Waals surface area contributed by atoms with Gasteiger partial charge in [-0.05, 0) is 18.2 Å². The van der Waals surface area contributed by atoms with Gasteiger partial charge in [0.2, 0.25) is 5.88 Å². The molecule has 5 nitrogen and oxygen atoms in total. The van der Waals surface area contributed by atoms with Crippen molar-refractivity contribution in [2.75, 3.05) is 10.6 Å². The van der Waals surface area contributed by atoms with E-state index in [-0.39, 0.29) is 0 Å². The zero-order valence-electron chi connectivity index (χ0n) is 8.11. The van der Waals surface area contributed by atoms with Crippen LogP contribution in [0.4, 0.5) is 16.5 Å². The Morgan fingerprint density at radius 1 is 1.31 bits per heavy atom. The number of nitrogens with zero attached hydrogens (tertiary/aromatic N) is 1. The Balaban J connectivity index is 1.95. The van der Waals surface area contributed by atoms with Gasteiger partial charge in [-0.1, -0.05) is 11.6 Å². The first-order chi connectivity index (χ1) is 7.74. The van der Waals surface area contributed by atoms with Crippen LogP contribution in [0.2, 0.25) is 5.02 Å². The Morgan fingerprint density at radius 3 is 2.81 bits per heavy atom. The van der Waals surface area contributed by atoms with E-state index in [1.54, 1.807) is 24.3 Å². The Hall–Kier alpha value is -2.01. The van der Waals surface area contributed by atoms with Gasteiger partial charge < -0.3 is 4.42 Å². The summed E-state index contributed by atoms with van der Waals surface area (Å²) in [5.74, 6) is 0.778. The summed E-state index contributed by atoms with van der Waals surface area (Å²) < 4.78 is 4.95. The molecule has 0 spiro atoms. The number of furan rings is 1. The van der Waals surface area contributed by atoms with Crippen LogP contribution in [0.25, 0.3) is 0 Å². The second-order valence-corrected chi connectivity index (χ2v) is 3.35. The predicted molar refractivity (Wildman–Crippen MR) is 60.6 cm³/mol. The van der Waals surface area contributed by atoms with Crippen molar-refractivity contribution in [2.24, 2.45) is 0 Å². The van der Waals surface area contributed by atoms with Gasteiger partial charge in [-0.3, -0.25) is 10.6 Å². The zero-order chi connectivity index (χ0) is 11.4. The summed E-state index contributed by atoms with van der Waals surface area (Å²) in [6.07, 6.45) is 2.92. The highest BCUT2D eigenvalue weighted by atomic mass is 35.5. The van der Waals surface area contributed by atoms with Crippen LogP contribution in [-0.4, -0.2) is 11.0 Å². The molecule has 0 saturated carbocycles. The minimum Gasteiger partial charge on any atom is -0.449 e. The van der Waals surface area contributed by atoms with E-state index in [0.29, 0.717) is 16.7 Å². The predicted octanol–water partition coefficient (Wildman–Crippen LogP) is 2.97. The van der Waals surface area contributed by atoms with Gasteiger partial charge in [-0.2, -0.15) is 0 Å². The molecule has 2 aromatic heterocycles. The minimum atomic E-state index is -0.426. The molecule has 0 aromatic carbocycles. The van der Waals surface area contributed by atoms with Crippen molar-refractivity contribution in [3.05, 3.63) is 41.7 Å². The number of hydrogen-bond acceptors (Lipinski definition) is 3. The van der Waals surface area contributed by atoms with E-state index in [0.717, 1.165) is 0 Å². The summed E-state index contributed by atoms with van der Waals surface area (Å²) in [6.45, 7) is 0. The van der Waals surface area contributed by atoms with E-state index in [4.69, 9.17) is 16.0 Å². The van der Waals surface area contributed by atoms with Crippen LogP contribution in [0.15, 0.2) is 41.1 Å². The van der Waals surface area contributed by atoms with Crippen LogP contribution >= 0.6 is 11.6 Å². The Kier molecular flexibility index (Phi) is 3.07. The minimum absolute atomic E-state index is 0.367. The summed E-state index contributed by atoms with van der Waals surface area (Å²) in [6, 6.07) is 6.12. The molecule has 2 N–H and O–H groups in total. The van der Waals surface area contributed by atoms with E-state index in [2.05, 4.69) is 15.6 Å². The summed E-state index contributed by atoms with van der Waals surface area (Å²) in [7, 11) is 0. The maximum Gasteiger partial charge on any atom is 0.327 e. The SMILES string of the molecule is O=C(Nc1ccc(Cl)cn1)Nc1ccco1. The molecule has 0 fully saturated rings. The molecular weight excluding hydrogens is 230 g/mol. The van der Waals surface area contributed by atoms with Gasteiger partial charge in [0, 0.05) is 12.3 Å². The van der Waals surface area contributed by atoms with Gasteiger partial charge >= 0.3 is 6.03 Å². The lowest BCUT2D eigenvalue weighted by Crippen LogP contribution is -2.19. The molecule has 0 aliphatic rings. The highest BCUT2D eigenvalue weighted by Crippen LogP contribution is 2.11. The molecule has 16 heavy (non-hydrogen) atoms. The lowest BCUT2D eigenvalue weighted by Gasteiger charge is -2.04. The fourth-order valence-corrected chi connectivity index (χ4v) is 1.17.